The summed E-state index contributed by atoms with van der Waals surface area (Å²) in [6.07, 6.45) is 0.235. The lowest BCUT2D eigenvalue weighted by Crippen LogP contribution is -2.12. The molecule has 0 saturated heterocycles. The van der Waals surface area contributed by atoms with Crippen molar-refractivity contribution >= 4 is 21.6 Å². The van der Waals surface area contributed by atoms with Gasteiger partial charge in [0.25, 0.3) is 5.56 Å². The Kier molecular flexibility index (Phi) is 4.49. The summed E-state index contributed by atoms with van der Waals surface area (Å²) in [5.74, 6) is 0.842. The zero-order valence-electron chi connectivity index (χ0n) is 14.9. The Balaban J connectivity index is 1.83. The van der Waals surface area contributed by atoms with Crippen molar-refractivity contribution in [1.29, 1.82) is 0 Å². The Bertz CT molecular complexity index is 1200. The van der Waals surface area contributed by atoms with Gasteiger partial charge in [0.2, 0.25) is 0 Å². The van der Waals surface area contributed by atoms with Crippen molar-refractivity contribution in [2.45, 2.75) is 13.3 Å². The molecular formula is C21H17FN2O2S. The summed E-state index contributed by atoms with van der Waals surface area (Å²) in [4.78, 5) is 20.8. The number of halogens is 1. The number of thiophene rings is 1. The monoisotopic (exact) mass is 380 g/mol. The summed E-state index contributed by atoms with van der Waals surface area (Å²) in [6.45, 7) is 1.99. The van der Waals surface area contributed by atoms with E-state index in [4.69, 9.17) is 4.74 Å². The largest absolute Gasteiger partial charge is 0.496 e. The van der Waals surface area contributed by atoms with Crippen LogP contribution in [-0.2, 0) is 6.42 Å². The third-order valence-electron chi connectivity index (χ3n) is 4.45. The number of benzene rings is 2. The maximum absolute atomic E-state index is 13.9. The number of methoxy groups -OCH3 is 1. The molecule has 0 spiro atoms. The smallest absolute Gasteiger partial charge is 0.260 e. The van der Waals surface area contributed by atoms with Crippen LogP contribution in [0.15, 0.2) is 52.6 Å². The number of aromatic amines is 1. The lowest BCUT2D eigenvalue weighted by Gasteiger charge is -2.09. The van der Waals surface area contributed by atoms with Crippen LogP contribution in [0.1, 0.15) is 17.0 Å². The molecule has 0 amide bonds. The molecule has 2 aromatic carbocycles. The van der Waals surface area contributed by atoms with Crippen LogP contribution < -0.4 is 10.3 Å². The Morgan fingerprint density at radius 2 is 2.00 bits per heavy atom. The van der Waals surface area contributed by atoms with Crippen LogP contribution in [0.5, 0.6) is 5.75 Å². The fourth-order valence-corrected chi connectivity index (χ4v) is 4.09. The quantitative estimate of drug-likeness (QED) is 0.558. The first-order valence-electron chi connectivity index (χ1n) is 8.45. The Morgan fingerprint density at radius 3 is 2.78 bits per heavy atom. The minimum absolute atomic E-state index is 0.230. The van der Waals surface area contributed by atoms with E-state index in [1.165, 1.54) is 17.4 Å². The van der Waals surface area contributed by atoms with Gasteiger partial charge in [-0.05, 0) is 30.7 Å². The number of nitrogens with one attached hydrogen (secondary N) is 1. The minimum atomic E-state index is -0.309. The van der Waals surface area contributed by atoms with Crippen LogP contribution in [-0.4, -0.2) is 17.1 Å². The second-order valence-corrected chi connectivity index (χ2v) is 7.17. The van der Waals surface area contributed by atoms with Crippen molar-refractivity contribution in [3.8, 4) is 16.9 Å². The third-order valence-corrected chi connectivity index (χ3v) is 5.33. The average molecular weight is 380 g/mol. The number of H-pyrrole nitrogens is 1. The summed E-state index contributed by atoms with van der Waals surface area (Å²) in [5, 5.41) is 2.44. The molecule has 0 aliphatic heterocycles. The molecule has 4 aromatic rings. The molecule has 136 valence electrons. The maximum Gasteiger partial charge on any atom is 0.260 e. The van der Waals surface area contributed by atoms with Gasteiger partial charge in [0.05, 0.1) is 12.5 Å². The Morgan fingerprint density at radius 1 is 1.19 bits per heavy atom. The first-order chi connectivity index (χ1) is 13.1. The molecule has 6 heteroatoms. The highest BCUT2D eigenvalue weighted by Gasteiger charge is 2.16. The van der Waals surface area contributed by atoms with E-state index in [-0.39, 0.29) is 17.8 Å². The molecule has 0 unspecified atom stereocenters. The molecule has 0 fully saturated rings. The van der Waals surface area contributed by atoms with Crippen molar-refractivity contribution in [3.63, 3.8) is 0 Å². The molecule has 0 atom stereocenters. The SMILES string of the molecule is COc1ccc(C)cc1-c1csc2nc(Cc3ccccc3F)[nH]c(=O)c12. The second-order valence-electron chi connectivity index (χ2n) is 6.31. The molecule has 1 N–H and O–H groups in total. The summed E-state index contributed by atoms with van der Waals surface area (Å²) in [7, 11) is 1.61. The first-order valence-corrected chi connectivity index (χ1v) is 9.33. The number of nitrogens with zero attached hydrogens (tertiary/aromatic N) is 1. The fraction of sp³-hybridized carbons (Fsp3) is 0.143. The Hall–Kier alpha value is -2.99. The van der Waals surface area contributed by atoms with E-state index in [0.717, 1.165) is 16.7 Å². The fourth-order valence-electron chi connectivity index (χ4n) is 3.13. The van der Waals surface area contributed by atoms with Gasteiger partial charge < -0.3 is 9.72 Å². The molecule has 0 radical (unpaired) electrons. The zero-order valence-corrected chi connectivity index (χ0v) is 15.7. The van der Waals surface area contributed by atoms with Gasteiger partial charge in [0.15, 0.2) is 0 Å². The summed E-state index contributed by atoms with van der Waals surface area (Å²) >= 11 is 1.40. The van der Waals surface area contributed by atoms with Gasteiger partial charge >= 0.3 is 0 Å². The Labute approximate surface area is 159 Å². The van der Waals surface area contributed by atoms with Crippen LogP contribution >= 0.6 is 11.3 Å². The number of ether oxygens (including phenoxy) is 1. The van der Waals surface area contributed by atoms with Gasteiger partial charge in [-0.1, -0.05) is 29.8 Å². The van der Waals surface area contributed by atoms with Crippen LogP contribution in [0.4, 0.5) is 4.39 Å². The average Bonchev–Trinajstić information content (AvgIpc) is 3.08. The van der Waals surface area contributed by atoms with Crippen LogP contribution in [0.2, 0.25) is 0 Å². The topological polar surface area (TPSA) is 55.0 Å². The summed E-state index contributed by atoms with van der Waals surface area (Å²) < 4.78 is 19.4. The number of fused-ring (bicyclic) bond motifs is 1. The summed E-state index contributed by atoms with van der Waals surface area (Å²) in [6, 6.07) is 12.3. The first kappa shape index (κ1) is 17.4. The van der Waals surface area contributed by atoms with E-state index in [2.05, 4.69) is 9.97 Å². The lowest BCUT2D eigenvalue weighted by molar-refractivity contribution is 0.416. The maximum atomic E-state index is 13.9. The molecule has 2 heterocycles. The van der Waals surface area contributed by atoms with E-state index in [0.29, 0.717) is 27.4 Å². The van der Waals surface area contributed by atoms with Gasteiger partial charge in [-0.25, -0.2) is 9.37 Å². The van der Waals surface area contributed by atoms with E-state index in [1.54, 1.807) is 25.3 Å². The van der Waals surface area contributed by atoms with E-state index in [1.807, 2.05) is 30.5 Å². The van der Waals surface area contributed by atoms with Crippen molar-refractivity contribution in [2.75, 3.05) is 7.11 Å². The molecule has 0 aliphatic carbocycles. The van der Waals surface area contributed by atoms with Gasteiger partial charge in [-0.2, -0.15) is 0 Å². The standard InChI is InChI=1S/C21H17FN2O2S/c1-12-7-8-17(26-2)14(9-12)15-11-27-21-19(15)20(25)23-18(24-21)10-13-5-3-4-6-16(13)22/h3-9,11H,10H2,1-2H3,(H,23,24,25). The van der Waals surface area contributed by atoms with Crippen LogP contribution in [0.3, 0.4) is 0 Å². The number of aromatic nitrogens is 2. The molecular weight excluding hydrogens is 363 g/mol. The van der Waals surface area contributed by atoms with Gasteiger partial charge in [-0.3, -0.25) is 4.79 Å². The van der Waals surface area contributed by atoms with Crippen molar-refractivity contribution in [3.05, 3.63) is 81.0 Å². The van der Waals surface area contributed by atoms with Crippen molar-refractivity contribution in [1.82, 2.24) is 9.97 Å². The third kappa shape index (κ3) is 3.24. The molecule has 0 bridgehead atoms. The van der Waals surface area contributed by atoms with Crippen LogP contribution in [0, 0.1) is 12.7 Å². The van der Waals surface area contributed by atoms with Crippen molar-refractivity contribution < 1.29 is 9.13 Å². The highest BCUT2D eigenvalue weighted by atomic mass is 32.1. The highest BCUT2D eigenvalue weighted by molar-refractivity contribution is 7.17. The second kappa shape index (κ2) is 6.96. The lowest BCUT2D eigenvalue weighted by atomic mass is 10.0. The molecule has 27 heavy (non-hydrogen) atoms. The van der Waals surface area contributed by atoms with E-state index >= 15 is 0 Å². The zero-order chi connectivity index (χ0) is 19.0. The predicted molar refractivity (Wildman–Crippen MR) is 106 cm³/mol. The number of hydrogen-bond acceptors (Lipinski definition) is 4. The molecule has 4 rings (SSSR count). The number of hydrogen-bond donors (Lipinski definition) is 1. The van der Waals surface area contributed by atoms with E-state index < -0.39 is 0 Å². The van der Waals surface area contributed by atoms with Gasteiger partial charge in [0.1, 0.15) is 22.2 Å². The molecule has 0 saturated carbocycles. The number of aryl methyl sites for hydroxylation is 1. The minimum Gasteiger partial charge on any atom is -0.496 e. The van der Waals surface area contributed by atoms with Gasteiger partial charge in [0, 0.05) is 22.9 Å². The normalized spacial score (nSPS) is 11.1. The van der Waals surface area contributed by atoms with Crippen LogP contribution in [0.25, 0.3) is 21.3 Å². The highest BCUT2D eigenvalue weighted by Crippen LogP contribution is 2.37. The number of rotatable bonds is 4. The summed E-state index contributed by atoms with van der Waals surface area (Å²) in [5.41, 5.74) is 2.99. The van der Waals surface area contributed by atoms with E-state index in [9.17, 15) is 9.18 Å². The molecule has 0 aliphatic rings. The van der Waals surface area contributed by atoms with Crippen molar-refractivity contribution in [2.24, 2.45) is 0 Å². The predicted octanol–water partition coefficient (Wildman–Crippen LogP) is 4.70. The molecule has 2 aromatic heterocycles. The van der Waals surface area contributed by atoms with Gasteiger partial charge in [-0.15, -0.1) is 11.3 Å². The molecule has 4 nitrogen and oxygen atoms in total.